The molecule has 3 heterocycles. The molecular weight excluding hydrogens is 521 g/mol. The molecule has 3 aromatic rings. The summed E-state index contributed by atoms with van der Waals surface area (Å²) in [7, 11) is 0. The highest BCUT2D eigenvalue weighted by molar-refractivity contribution is 6.36. The molecule has 2 aliphatic rings. The number of amides is 1. The maximum Gasteiger partial charge on any atom is 0.241 e. The lowest BCUT2D eigenvalue weighted by atomic mass is 9.97. The summed E-state index contributed by atoms with van der Waals surface area (Å²) in [5.41, 5.74) is 3.15. The first-order valence-corrected chi connectivity index (χ1v) is 14.4. The van der Waals surface area contributed by atoms with E-state index in [9.17, 15) is 4.79 Å². The van der Waals surface area contributed by atoms with Crippen LogP contribution in [0, 0.1) is 5.92 Å². The first kappa shape index (κ1) is 27.1. The number of aromatic nitrogens is 2. The highest BCUT2D eigenvalue weighted by Gasteiger charge is 2.27. The quantitative estimate of drug-likeness (QED) is 0.370. The Balaban J connectivity index is 1.09. The first-order chi connectivity index (χ1) is 18.5. The van der Waals surface area contributed by atoms with Crippen molar-refractivity contribution in [1.29, 1.82) is 0 Å². The van der Waals surface area contributed by atoms with E-state index < -0.39 is 0 Å². The Morgan fingerprint density at radius 1 is 0.921 bits per heavy atom. The predicted octanol–water partition coefficient (Wildman–Crippen LogP) is 5.95. The topological polar surface area (TPSA) is 74.5 Å². The lowest BCUT2D eigenvalue weighted by molar-refractivity contribution is -0.127. The number of carbonyl (C=O) groups is 1. The van der Waals surface area contributed by atoms with Crippen LogP contribution in [0.3, 0.4) is 0 Å². The lowest BCUT2D eigenvalue weighted by Gasteiger charge is -2.30. The van der Waals surface area contributed by atoms with Crippen LogP contribution in [0.5, 0.6) is 0 Å². The molecule has 2 fully saturated rings. The third-order valence-electron chi connectivity index (χ3n) is 7.47. The Hall–Kier alpha value is -2.45. The number of hydrogen-bond donors (Lipinski definition) is 1. The van der Waals surface area contributed by atoms with Crippen LogP contribution >= 0.6 is 23.2 Å². The molecule has 5 rings (SSSR count). The number of nitrogens with one attached hydrogen (secondary N) is 1. The summed E-state index contributed by atoms with van der Waals surface area (Å²) in [4.78, 5) is 22.2. The highest BCUT2D eigenvalue weighted by Crippen LogP contribution is 2.29. The molecule has 7 nitrogen and oxygen atoms in total. The smallest absolute Gasteiger partial charge is 0.241 e. The summed E-state index contributed by atoms with van der Waals surface area (Å²) >= 11 is 12.3. The second-order valence-electron chi connectivity index (χ2n) is 10.4. The number of nitrogens with zero attached hydrogens (tertiary/aromatic N) is 4. The van der Waals surface area contributed by atoms with Crippen LogP contribution in [0.15, 0.2) is 47.0 Å². The van der Waals surface area contributed by atoms with E-state index in [1.54, 1.807) is 18.2 Å². The van der Waals surface area contributed by atoms with Crippen LogP contribution < -0.4 is 5.32 Å². The maximum atomic E-state index is 13.0. The van der Waals surface area contributed by atoms with Crippen molar-refractivity contribution in [3.63, 3.8) is 0 Å². The molecule has 1 amide bonds. The molecule has 0 saturated carbocycles. The third kappa shape index (κ3) is 7.35. The van der Waals surface area contributed by atoms with Gasteiger partial charge in [-0.3, -0.25) is 14.6 Å². The van der Waals surface area contributed by atoms with Crippen LogP contribution in [0.1, 0.15) is 55.5 Å². The van der Waals surface area contributed by atoms with E-state index in [0.717, 1.165) is 31.5 Å². The second kappa shape index (κ2) is 13.1. The van der Waals surface area contributed by atoms with E-state index in [-0.39, 0.29) is 11.8 Å². The van der Waals surface area contributed by atoms with E-state index in [4.69, 9.17) is 27.7 Å². The van der Waals surface area contributed by atoms with E-state index in [2.05, 4.69) is 49.5 Å². The minimum absolute atomic E-state index is 0.0563. The number of piperidine rings is 1. The Bertz CT molecular complexity index is 1210. The Kier molecular flexibility index (Phi) is 9.33. The van der Waals surface area contributed by atoms with Crippen LogP contribution in [0.4, 0.5) is 0 Å². The molecule has 0 radical (unpaired) electrons. The van der Waals surface area contributed by atoms with E-state index >= 15 is 0 Å². The summed E-state index contributed by atoms with van der Waals surface area (Å²) < 4.78 is 5.47. The van der Waals surface area contributed by atoms with Crippen molar-refractivity contribution in [2.24, 2.45) is 5.92 Å². The van der Waals surface area contributed by atoms with Crippen molar-refractivity contribution in [3.8, 4) is 11.4 Å². The second-order valence-corrected chi connectivity index (χ2v) is 11.3. The van der Waals surface area contributed by atoms with Gasteiger partial charge in [-0.25, -0.2) is 0 Å². The van der Waals surface area contributed by atoms with Crippen molar-refractivity contribution >= 4 is 29.1 Å². The molecule has 1 unspecified atom stereocenters. The van der Waals surface area contributed by atoms with Crippen molar-refractivity contribution < 1.29 is 9.32 Å². The van der Waals surface area contributed by atoms with Gasteiger partial charge in [0.15, 0.2) is 0 Å². The number of rotatable bonds is 8. The zero-order valence-corrected chi connectivity index (χ0v) is 23.2. The van der Waals surface area contributed by atoms with Gasteiger partial charge < -0.3 is 9.84 Å². The zero-order valence-electron chi connectivity index (χ0n) is 21.7. The maximum absolute atomic E-state index is 13.0. The number of benzene rings is 2. The zero-order chi connectivity index (χ0) is 26.3. The summed E-state index contributed by atoms with van der Waals surface area (Å²) in [6, 6.07) is 13.9. The molecule has 2 aromatic carbocycles. The molecule has 1 atom stereocenters. The number of carbonyl (C=O) groups excluding carboxylic acids is 1. The third-order valence-corrected chi connectivity index (χ3v) is 8.02. The molecule has 9 heteroatoms. The van der Waals surface area contributed by atoms with Crippen molar-refractivity contribution in [2.45, 2.75) is 58.2 Å². The van der Waals surface area contributed by atoms with Gasteiger partial charge in [0.1, 0.15) is 0 Å². The summed E-state index contributed by atoms with van der Waals surface area (Å²) in [5, 5.41) is 8.26. The predicted molar refractivity (Wildman–Crippen MR) is 150 cm³/mol. The van der Waals surface area contributed by atoms with Gasteiger partial charge >= 0.3 is 0 Å². The van der Waals surface area contributed by atoms with Crippen molar-refractivity contribution in [3.05, 3.63) is 69.5 Å². The van der Waals surface area contributed by atoms with Crippen LogP contribution in [-0.4, -0.2) is 52.0 Å². The van der Waals surface area contributed by atoms with Gasteiger partial charge in [0.25, 0.3) is 0 Å². The summed E-state index contributed by atoms with van der Waals surface area (Å²) in [5.74, 6) is 0.986. The molecular formula is C29H35Cl2N5O2. The fourth-order valence-corrected chi connectivity index (χ4v) is 5.85. The fourth-order valence-electron chi connectivity index (χ4n) is 5.35. The SMILES string of the molecule is O=C(NCc1ccc(CN2CCCCCC2)cc1)C1CCCN(Cc2nc(-c3ccc(Cl)cc3Cl)no2)C1. The van der Waals surface area contributed by atoms with Gasteiger partial charge in [-0.1, -0.05) is 65.5 Å². The van der Waals surface area contributed by atoms with E-state index in [1.165, 1.54) is 44.3 Å². The minimum Gasteiger partial charge on any atom is -0.352 e. The summed E-state index contributed by atoms with van der Waals surface area (Å²) in [6.07, 6.45) is 7.14. The minimum atomic E-state index is -0.0563. The number of halogens is 2. The molecule has 1 aromatic heterocycles. The fraction of sp³-hybridized carbons (Fsp3) is 0.483. The van der Waals surface area contributed by atoms with Crippen LogP contribution in [0.25, 0.3) is 11.4 Å². The Labute approximate surface area is 234 Å². The molecule has 2 saturated heterocycles. The van der Waals surface area contributed by atoms with Gasteiger partial charge in [-0.15, -0.1) is 0 Å². The monoisotopic (exact) mass is 555 g/mol. The molecule has 202 valence electrons. The Morgan fingerprint density at radius 3 is 2.42 bits per heavy atom. The van der Waals surface area contributed by atoms with Crippen molar-refractivity contribution in [1.82, 2.24) is 25.3 Å². The molecule has 38 heavy (non-hydrogen) atoms. The number of likely N-dealkylation sites (tertiary alicyclic amines) is 2. The van der Waals surface area contributed by atoms with Gasteiger partial charge in [0, 0.05) is 30.2 Å². The van der Waals surface area contributed by atoms with E-state index in [0.29, 0.717) is 47.0 Å². The standard InChI is InChI=1S/C29H35Cl2N5O2/c30-24-11-12-25(26(31)16-24)28-33-27(38-34-28)20-36-15-5-6-23(19-36)29(37)32-17-21-7-9-22(10-8-21)18-35-13-3-1-2-4-14-35/h7-12,16,23H,1-6,13-15,17-20H2,(H,32,37). The first-order valence-electron chi connectivity index (χ1n) is 13.6. The van der Waals surface area contributed by atoms with Crippen LogP contribution in [0.2, 0.25) is 10.0 Å². The highest BCUT2D eigenvalue weighted by atomic mass is 35.5. The number of hydrogen-bond acceptors (Lipinski definition) is 6. The van der Waals surface area contributed by atoms with Gasteiger partial charge in [0.05, 0.1) is 17.5 Å². The van der Waals surface area contributed by atoms with Gasteiger partial charge in [-0.2, -0.15) is 4.98 Å². The normalized spacial score (nSPS) is 19.3. The molecule has 1 N–H and O–H groups in total. The molecule has 0 aliphatic carbocycles. The van der Waals surface area contributed by atoms with Crippen LogP contribution in [-0.2, 0) is 24.4 Å². The lowest BCUT2D eigenvalue weighted by Crippen LogP contribution is -2.42. The van der Waals surface area contributed by atoms with Crippen molar-refractivity contribution in [2.75, 3.05) is 26.2 Å². The molecule has 2 aliphatic heterocycles. The Morgan fingerprint density at radius 2 is 1.66 bits per heavy atom. The largest absolute Gasteiger partial charge is 0.352 e. The molecule has 0 spiro atoms. The van der Waals surface area contributed by atoms with Gasteiger partial charge in [-0.05, 0) is 74.6 Å². The average molecular weight is 557 g/mol. The average Bonchev–Trinajstić information content (AvgIpc) is 3.22. The van der Waals surface area contributed by atoms with Gasteiger partial charge in [0.2, 0.25) is 17.6 Å². The summed E-state index contributed by atoms with van der Waals surface area (Å²) in [6.45, 7) is 6.01. The molecule has 0 bridgehead atoms. The van der Waals surface area contributed by atoms with E-state index in [1.807, 2.05) is 0 Å².